The van der Waals surface area contributed by atoms with E-state index < -0.39 is 11.9 Å². The number of hydrogen-bond acceptors (Lipinski definition) is 6. The van der Waals surface area contributed by atoms with Gasteiger partial charge in [-0.05, 0) is 44.4 Å². The number of carbonyl (C=O) groups excluding carboxylic acids is 3. The van der Waals surface area contributed by atoms with Crippen LogP contribution in [0.15, 0.2) is 47.4 Å². The fraction of sp³-hybridized carbons (Fsp3) is 0.296. The molecule has 2 N–H and O–H groups in total. The van der Waals surface area contributed by atoms with E-state index in [1.165, 1.54) is 9.80 Å². The second kappa shape index (κ2) is 11.3. The van der Waals surface area contributed by atoms with Gasteiger partial charge in [0.05, 0.1) is 16.2 Å². The molecule has 192 valence electrons. The second-order valence-electron chi connectivity index (χ2n) is 9.01. The Kier molecular flexibility index (Phi) is 8.09. The molecule has 37 heavy (non-hydrogen) atoms. The molecular formula is C27H27N3O5S2. The third kappa shape index (κ3) is 5.75. The fourth-order valence-corrected chi connectivity index (χ4v) is 5.79. The molecule has 0 spiro atoms. The summed E-state index contributed by atoms with van der Waals surface area (Å²) in [7, 11) is 0. The van der Waals surface area contributed by atoms with E-state index in [9.17, 15) is 19.2 Å². The van der Waals surface area contributed by atoms with Crippen LogP contribution >= 0.6 is 24.0 Å². The number of nitrogens with one attached hydrogen (secondary N) is 1. The van der Waals surface area contributed by atoms with E-state index in [0.29, 0.717) is 47.1 Å². The number of anilines is 2. The highest BCUT2D eigenvalue weighted by Gasteiger charge is 2.42. The van der Waals surface area contributed by atoms with Crippen LogP contribution in [-0.4, -0.2) is 51.1 Å². The number of thiocarbonyl (C=S) groups is 1. The normalized spacial score (nSPS) is 17.0. The summed E-state index contributed by atoms with van der Waals surface area (Å²) in [6.45, 7) is 4.04. The molecule has 0 aromatic heterocycles. The number of unbranched alkanes of at least 4 members (excludes halogenated alkanes) is 2. The number of carboxylic acid groups (broad SMARTS) is 1. The zero-order valence-electron chi connectivity index (χ0n) is 20.6. The van der Waals surface area contributed by atoms with Crippen molar-refractivity contribution in [3.63, 3.8) is 0 Å². The SMILES string of the molecule is Cc1ccc(NC(=O)CN2C(=O)/C(=C3\SC(=S)N(CCCCCC(=O)O)C3=O)c3ccccc32)c(C)c1. The number of aliphatic carboxylic acids is 1. The molecule has 0 bridgehead atoms. The standard InChI is InChI=1S/C27H27N3O5S2/c1-16-11-12-19(17(2)14-16)28-21(31)15-30-20-9-6-5-8-18(20)23(25(30)34)24-26(35)29(27(36)37-24)13-7-3-4-10-22(32)33/h5-6,8-9,11-12,14H,3-4,7,10,13,15H2,1-2H3,(H,28,31)(H,32,33)/b24-23-. The van der Waals surface area contributed by atoms with Gasteiger partial charge >= 0.3 is 5.97 Å². The first-order chi connectivity index (χ1) is 17.7. The second-order valence-corrected chi connectivity index (χ2v) is 10.7. The van der Waals surface area contributed by atoms with Gasteiger partial charge < -0.3 is 10.4 Å². The van der Waals surface area contributed by atoms with E-state index >= 15 is 0 Å². The Balaban J connectivity index is 1.53. The lowest BCUT2D eigenvalue weighted by atomic mass is 10.1. The molecule has 2 aliphatic heterocycles. The van der Waals surface area contributed by atoms with E-state index in [1.54, 1.807) is 24.3 Å². The van der Waals surface area contributed by atoms with Crippen LogP contribution in [0, 0.1) is 13.8 Å². The highest BCUT2D eigenvalue weighted by atomic mass is 32.2. The maximum Gasteiger partial charge on any atom is 0.303 e. The van der Waals surface area contributed by atoms with Crippen molar-refractivity contribution in [3.8, 4) is 0 Å². The molecule has 2 aromatic carbocycles. The number of benzene rings is 2. The Hall–Kier alpha value is -3.50. The number of para-hydroxylation sites is 1. The molecule has 0 radical (unpaired) electrons. The van der Waals surface area contributed by atoms with Gasteiger partial charge in [-0.1, -0.05) is 66.3 Å². The van der Waals surface area contributed by atoms with Gasteiger partial charge in [-0.2, -0.15) is 0 Å². The Bertz CT molecular complexity index is 1340. The topological polar surface area (TPSA) is 107 Å². The first-order valence-corrected chi connectivity index (χ1v) is 13.2. The van der Waals surface area contributed by atoms with Crippen LogP contribution < -0.4 is 10.2 Å². The molecular weight excluding hydrogens is 510 g/mol. The predicted octanol–water partition coefficient (Wildman–Crippen LogP) is 4.51. The summed E-state index contributed by atoms with van der Waals surface area (Å²) in [4.78, 5) is 53.6. The molecule has 0 unspecified atom stereocenters. The van der Waals surface area contributed by atoms with Crippen molar-refractivity contribution in [1.82, 2.24) is 4.90 Å². The summed E-state index contributed by atoms with van der Waals surface area (Å²) in [5, 5.41) is 11.7. The molecule has 1 saturated heterocycles. The average Bonchev–Trinajstić information content (AvgIpc) is 3.27. The third-order valence-corrected chi connectivity index (χ3v) is 7.68. The first-order valence-electron chi connectivity index (χ1n) is 12.0. The van der Waals surface area contributed by atoms with Crippen LogP contribution in [0.5, 0.6) is 0 Å². The largest absolute Gasteiger partial charge is 0.481 e. The van der Waals surface area contributed by atoms with Gasteiger partial charge in [0.1, 0.15) is 10.9 Å². The molecule has 0 saturated carbocycles. The van der Waals surface area contributed by atoms with Crippen LogP contribution in [0.25, 0.3) is 5.57 Å². The quantitative estimate of drug-likeness (QED) is 0.275. The smallest absolute Gasteiger partial charge is 0.303 e. The summed E-state index contributed by atoms with van der Waals surface area (Å²) in [6.07, 6.45) is 1.87. The highest BCUT2D eigenvalue weighted by Crippen LogP contribution is 2.44. The van der Waals surface area contributed by atoms with Crippen LogP contribution in [0.3, 0.4) is 0 Å². The molecule has 1 fully saturated rings. The van der Waals surface area contributed by atoms with Crippen molar-refractivity contribution in [2.24, 2.45) is 0 Å². The Morgan fingerprint density at radius 1 is 1.00 bits per heavy atom. The van der Waals surface area contributed by atoms with Crippen LogP contribution in [0.2, 0.25) is 0 Å². The van der Waals surface area contributed by atoms with E-state index in [1.807, 2.05) is 32.0 Å². The molecule has 4 rings (SSSR count). The average molecular weight is 538 g/mol. The molecule has 8 nitrogen and oxygen atoms in total. The van der Waals surface area contributed by atoms with Gasteiger partial charge in [-0.3, -0.25) is 29.0 Å². The summed E-state index contributed by atoms with van der Waals surface area (Å²) < 4.78 is 0.363. The molecule has 3 amide bonds. The monoisotopic (exact) mass is 537 g/mol. The van der Waals surface area contributed by atoms with Gasteiger partial charge in [-0.15, -0.1) is 0 Å². The number of nitrogens with zero attached hydrogens (tertiary/aromatic N) is 2. The lowest BCUT2D eigenvalue weighted by Crippen LogP contribution is -2.35. The number of fused-ring (bicyclic) bond motifs is 1. The van der Waals surface area contributed by atoms with Crippen LogP contribution in [0.4, 0.5) is 11.4 Å². The summed E-state index contributed by atoms with van der Waals surface area (Å²) in [5.41, 5.74) is 4.10. The van der Waals surface area contributed by atoms with Gasteiger partial charge in [0, 0.05) is 24.2 Å². The zero-order valence-corrected chi connectivity index (χ0v) is 22.2. The van der Waals surface area contributed by atoms with Gasteiger partial charge in [-0.25, -0.2) is 0 Å². The minimum absolute atomic E-state index is 0.0840. The highest BCUT2D eigenvalue weighted by molar-refractivity contribution is 8.26. The number of carboxylic acids is 1. The molecule has 0 atom stereocenters. The summed E-state index contributed by atoms with van der Waals surface area (Å²) in [6, 6.07) is 12.8. The molecule has 2 aromatic rings. The lowest BCUT2D eigenvalue weighted by Gasteiger charge is -2.17. The molecule has 0 aliphatic carbocycles. The maximum atomic E-state index is 13.6. The van der Waals surface area contributed by atoms with E-state index in [0.717, 1.165) is 22.9 Å². The van der Waals surface area contributed by atoms with Gasteiger partial charge in [0.25, 0.3) is 11.8 Å². The Labute approximate surface area is 224 Å². The fourth-order valence-electron chi connectivity index (χ4n) is 4.41. The van der Waals surface area contributed by atoms with Crippen LogP contribution in [0.1, 0.15) is 42.4 Å². The summed E-state index contributed by atoms with van der Waals surface area (Å²) in [5.74, 6) is -1.95. The zero-order chi connectivity index (χ0) is 26.7. The van der Waals surface area contributed by atoms with Crippen molar-refractivity contribution < 1.29 is 24.3 Å². The molecule has 10 heteroatoms. The lowest BCUT2D eigenvalue weighted by molar-refractivity contribution is -0.137. The Morgan fingerprint density at radius 3 is 2.49 bits per heavy atom. The molecule has 2 aliphatic rings. The maximum absolute atomic E-state index is 13.6. The van der Waals surface area contributed by atoms with E-state index in [4.69, 9.17) is 17.3 Å². The number of aryl methyl sites for hydroxylation is 2. The minimum Gasteiger partial charge on any atom is -0.481 e. The number of rotatable bonds is 9. The van der Waals surface area contributed by atoms with Crippen molar-refractivity contribution >= 4 is 68.9 Å². The van der Waals surface area contributed by atoms with Crippen LogP contribution in [-0.2, 0) is 19.2 Å². The number of thioether (sulfide) groups is 1. The van der Waals surface area contributed by atoms with Gasteiger partial charge in [0.15, 0.2) is 0 Å². The predicted molar refractivity (Wildman–Crippen MR) is 148 cm³/mol. The van der Waals surface area contributed by atoms with E-state index in [2.05, 4.69) is 5.32 Å². The van der Waals surface area contributed by atoms with Crippen molar-refractivity contribution in [3.05, 3.63) is 64.1 Å². The summed E-state index contributed by atoms with van der Waals surface area (Å²) >= 11 is 6.52. The molecule has 2 heterocycles. The van der Waals surface area contributed by atoms with Crippen molar-refractivity contribution in [2.45, 2.75) is 39.5 Å². The third-order valence-electron chi connectivity index (χ3n) is 6.23. The minimum atomic E-state index is -0.846. The number of hydrogen-bond donors (Lipinski definition) is 2. The number of amides is 3. The van der Waals surface area contributed by atoms with Gasteiger partial charge in [0.2, 0.25) is 5.91 Å². The number of carbonyl (C=O) groups is 4. The van der Waals surface area contributed by atoms with E-state index in [-0.39, 0.29) is 35.3 Å². The Morgan fingerprint density at radius 2 is 1.76 bits per heavy atom. The first kappa shape index (κ1) is 26.6. The van der Waals surface area contributed by atoms with Crippen molar-refractivity contribution in [1.29, 1.82) is 0 Å². The van der Waals surface area contributed by atoms with Crippen molar-refractivity contribution in [2.75, 3.05) is 23.3 Å².